The van der Waals surface area contributed by atoms with E-state index < -0.39 is 0 Å². The van der Waals surface area contributed by atoms with Gasteiger partial charge in [0.2, 0.25) is 0 Å². The largest absolute Gasteiger partial charge is 0.306 e. The standard InChI is InChI=1S/C28H42N2/c1-25(2)13-17(14-26(3,4)29-25)19-9-10-21-20-11-12-22(24(19)21)23(20)18-15-27(5,6)30-28(7,8)16-18/h9-12,20-22,24,29-30H,13-16H2,1-8H3. The molecule has 164 valence electrons. The second-order valence-corrected chi connectivity index (χ2v) is 13.5. The van der Waals surface area contributed by atoms with Crippen molar-refractivity contribution in [3.05, 3.63) is 46.6 Å². The Kier molecular flexibility index (Phi) is 4.31. The van der Waals surface area contributed by atoms with Crippen molar-refractivity contribution in [2.24, 2.45) is 23.7 Å². The zero-order valence-electron chi connectivity index (χ0n) is 20.4. The lowest BCUT2D eigenvalue weighted by Crippen LogP contribution is -2.56. The van der Waals surface area contributed by atoms with E-state index in [1.54, 1.807) is 22.3 Å². The minimum atomic E-state index is 0.174. The fourth-order valence-electron chi connectivity index (χ4n) is 8.25. The van der Waals surface area contributed by atoms with Crippen LogP contribution in [0.3, 0.4) is 0 Å². The zero-order valence-corrected chi connectivity index (χ0v) is 20.4. The lowest BCUT2D eigenvalue weighted by atomic mass is 9.73. The minimum absolute atomic E-state index is 0.174. The van der Waals surface area contributed by atoms with E-state index in [9.17, 15) is 0 Å². The number of piperidine rings is 2. The van der Waals surface area contributed by atoms with Crippen LogP contribution in [0.1, 0.15) is 81.1 Å². The van der Waals surface area contributed by atoms with E-state index in [1.165, 1.54) is 25.7 Å². The molecule has 2 heterocycles. The van der Waals surface area contributed by atoms with E-state index in [4.69, 9.17) is 0 Å². The smallest absolute Gasteiger partial charge is 0.0167 e. The molecule has 4 unspecified atom stereocenters. The number of nitrogens with one attached hydrogen (secondary N) is 2. The van der Waals surface area contributed by atoms with Crippen LogP contribution < -0.4 is 10.6 Å². The first-order chi connectivity index (χ1) is 13.8. The lowest BCUT2D eigenvalue weighted by molar-refractivity contribution is 0.219. The predicted octanol–water partition coefficient (Wildman–Crippen LogP) is 6.08. The first-order valence-electron chi connectivity index (χ1n) is 12.1. The third-order valence-electron chi connectivity index (χ3n) is 8.11. The molecule has 2 N–H and O–H groups in total. The van der Waals surface area contributed by atoms with E-state index in [2.05, 4.69) is 90.3 Å². The maximum absolute atomic E-state index is 3.88. The highest BCUT2D eigenvalue weighted by atomic mass is 15.1. The monoisotopic (exact) mass is 406 g/mol. The molecule has 2 saturated heterocycles. The molecule has 30 heavy (non-hydrogen) atoms. The second-order valence-electron chi connectivity index (χ2n) is 13.5. The molecule has 2 bridgehead atoms. The van der Waals surface area contributed by atoms with Crippen molar-refractivity contribution >= 4 is 0 Å². The molecule has 2 heteroatoms. The van der Waals surface area contributed by atoms with E-state index in [0.29, 0.717) is 23.7 Å². The average molecular weight is 407 g/mol. The number of hydrogen-bond donors (Lipinski definition) is 2. The highest BCUT2D eigenvalue weighted by molar-refractivity contribution is 5.51. The number of fused-ring (bicyclic) bond motifs is 5. The SMILES string of the molecule is CC1(C)CC(=C2C3C=CC2C2C(=C4CC(C)(C)NC(C)(C)C4)C=CC32)CC(C)(C)N1. The Morgan fingerprint density at radius 1 is 0.633 bits per heavy atom. The van der Waals surface area contributed by atoms with Gasteiger partial charge in [-0.1, -0.05) is 41.0 Å². The molecule has 2 nitrogen and oxygen atoms in total. The van der Waals surface area contributed by atoms with Gasteiger partial charge in [0.05, 0.1) is 0 Å². The summed E-state index contributed by atoms with van der Waals surface area (Å²) < 4.78 is 0. The molecule has 1 saturated carbocycles. The van der Waals surface area contributed by atoms with Crippen LogP contribution in [0, 0.1) is 23.7 Å². The fraction of sp³-hybridized carbons (Fsp3) is 0.714. The zero-order chi connectivity index (χ0) is 21.7. The maximum Gasteiger partial charge on any atom is 0.0167 e. The van der Waals surface area contributed by atoms with Crippen molar-refractivity contribution < 1.29 is 0 Å². The van der Waals surface area contributed by atoms with Crippen LogP contribution in [0.25, 0.3) is 0 Å². The Labute approximate surface area is 184 Å². The van der Waals surface area contributed by atoms with Crippen LogP contribution in [0.5, 0.6) is 0 Å². The number of allylic oxidation sites excluding steroid dienone is 6. The second kappa shape index (κ2) is 6.23. The van der Waals surface area contributed by atoms with Crippen LogP contribution in [0.4, 0.5) is 0 Å². The van der Waals surface area contributed by atoms with E-state index in [0.717, 1.165) is 0 Å². The molecule has 4 atom stereocenters. The van der Waals surface area contributed by atoms with Crippen LogP contribution in [0.2, 0.25) is 0 Å². The van der Waals surface area contributed by atoms with Gasteiger partial charge in [-0.15, -0.1) is 0 Å². The molecule has 3 fully saturated rings. The molecule has 5 aliphatic rings. The molecule has 2 aliphatic heterocycles. The normalized spacial score (nSPS) is 39.7. The van der Waals surface area contributed by atoms with Gasteiger partial charge in [0, 0.05) is 39.9 Å². The first kappa shape index (κ1) is 20.8. The molecule has 5 rings (SSSR count). The summed E-state index contributed by atoms with van der Waals surface area (Å²) in [6, 6.07) is 0. The average Bonchev–Trinajstić information content (AvgIpc) is 3.19. The number of hydrogen-bond acceptors (Lipinski definition) is 2. The summed E-state index contributed by atoms with van der Waals surface area (Å²) in [5.41, 5.74) is 7.66. The van der Waals surface area contributed by atoms with Crippen molar-refractivity contribution in [1.82, 2.24) is 10.6 Å². The van der Waals surface area contributed by atoms with Gasteiger partial charge < -0.3 is 10.6 Å². The van der Waals surface area contributed by atoms with Crippen LogP contribution in [-0.4, -0.2) is 22.2 Å². The van der Waals surface area contributed by atoms with Gasteiger partial charge in [0.15, 0.2) is 0 Å². The van der Waals surface area contributed by atoms with Crippen molar-refractivity contribution in [2.75, 3.05) is 0 Å². The third kappa shape index (κ3) is 3.39. The van der Waals surface area contributed by atoms with Gasteiger partial charge in [-0.05, 0) is 92.6 Å². The Morgan fingerprint density at radius 2 is 1.10 bits per heavy atom. The number of rotatable bonds is 0. The minimum Gasteiger partial charge on any atom is -0.306 e. The van der Waals surface area contributed by atoms with Crippen LogP contribution in [-0.2, 0) is 0 Å². The van der Waals surface area contributed by atoms with Gasteiger partial charge in [0.1, 0.15) is 0 Å². The molecule has 0 amide bonds. The van der Waals surface area contributed by atoms with Crippen molar-refractivity contribution in [1.29, 1.82) is 0 Å². The van der Waals surface area contributed by atoms with Gasteiger partial charge in [-0.25, -0.2) is 0 Å². The summed E-state index contributed by atoms with van der Waals surface area (Å²) in [5.74, 6) is 2.63. The summed E-state index contributed by atoms with van der Waals surface area (Å²) in [5, 5.41) is 7.75. The summed E-state index contributed by atoms with van der Waals surface area (Å²) in [6.07, 6.45) is 14.9. The summed E-state index contributed by atoms with van der Waals surface area (Å²) in [6.45, 7) is 19.0. The molecule has 0 spiro atoms. The van der Waals surface area contributed by atoms with E-state index in [1.807, 2.05) is 0 Å². The fourth-order valence-corrected chi connectivity index (χ4v) is 8.25. The quantitative estimate of drug-likeness (QED) is 0.476. The Balaban J connectivity index is 1.54. The van der Waals surface area contributed by atoms with Crippen molar-refractivity contribution in [3.63, 3.8) is 0 Å². The van der Waals surface area contributed by atoms with Gasteiger partial charge in [-0.2, -0.15) is 0 Å². The molecule has 0 radical (unpaired) electrons. The lowest BCUT2D eigenvalue weighted by Gasteiger charge is -2.45. The Bertz CT molecular complexity index is 854. The maximum atomic E-state index is 3.88. The van der Waals surface area contributed by atoms with Crippen LogP contribution in [0.15, 0.2) is 46.6 Å². The van der Waals surface area contributed by atoms with Crippen molar-refractivity contribution in [2.45, 2.75) is 103 Å². The molecular formula is C28H42N2. The van der Waals surface area contributed by atoms with Gasteiger partial charge in [0.25, 0.3) is 0 Å². The predicted molar refractivity (Wildman–Crippen MR) is 127 cm³/mol. The Hall–Kier alpha value is -1.12. The summed E-state index contributed by atoms with van der Waals surface area (Å²) in [4.78, 5) is 0. The molecular weight excluding hydrogens is 364 g/mol. The van der Waals surface area contributed by atoms with E-state index >= 15 is 0 Å². The third-order valence-corrected chi connectivity index (χ3v) is 8.11. The molecule has 0 aromatic heterocycles. The summed E-state index contributed by atoms with van der Waals surface area (Å²) >= 11 is 0. The Morgan fingerprint density at radius 3 is 1.63 bits per heavy atom. The molecule has 0 aromatic rings. The van der Waals surface area contributed by atoms with Crippen LogP contribution >= 0.6 is 0 Å². The highest BCUT2D eigenvalue weighted by Gasteiger charge is 2.53. The first-order valence-corrected chi connectivity index (χ1v) is 12.1. The molecule has 0 aromatic carbocycles. The summed E-state index contributed by atoms with van der Waals surface area (Å²) in [7, 11) is 0. The van der Waals surface area contributed by atoms with Gasteiger partial charge >= 0.3 is 0 Å². The van der Waals surface area contributed by atoms with E-state index in [-0.39, 0.29) is 22.2 Å². The van der Waals surface area contributed by atoms with Crippen molar-refractivity contribution in [3.8, 4) is 0 Å². The molecule has 3 aliphatic carbocycles. The van der Waals surface area contributed by atoms with Gasteiger partial charge in [-0.3, -0.25) is 0 Å². The topological polar surface area (TPSA) is 24.1 Å². The highest BCUT2D eigenvalue weighted by Crippen LogP contribution is 2.61.